The molecule has 0 spiro atoms. The summed E-state index contributed by atoms with van der Waals surface area (Å²) in [5, 5.41) is 13.6. The zero-order chi connectivity index (χ0) is 13.2. The molecule has 3 rings (SSSR count). The van der Waals surface area contributed by atoms with Gasteiger partial charge in [-0.15, -0.1) is 11.3 Å². The van der Waals surface area contributed by atoms with E-state index in [2.05, 4.69) is 15.3 Å². The Kier molecular flexibility index (Phi) is 2.85. The Morgan fingerprint density at radius 1 is 1.21 bits per heavy atom. The third-order valence-corrected chi connectivity index (χ3v) is 3.41. The van der Waals surface area contributed by atoms with Crippen molar-refractivity contribution in [2.24, 2.45) is 0 Å². The second kappa shape index (κ2) is 4.66. The molecule has 0 amide bonds. The van der Waals surface area contributed by atoms with Crippen LogP contribution in [-0.2, 0) is 0 Å². The van der Waals surface area contributed by atoms with Gasteiger partial charge in [0.25, 0.3) is 0 Å². The summed E-state index contributed by atoms with van der Waals surface area (Å²) in [5.74, 6) is -1.04. The van der Waals surface area contributed by atoms with Gasteiger partial charge in [-0.05, 0) is 24.3 Å². The summed E-state index contributed by atoms with van der Waals surface area (Å²) in [4.78, 5) is 19.1. The number of carboxylic acid groups (broad SMARTS) is 1. The first kappa shape index (κ1) is 11.6. The number of hydrogen-bond donors (Lipinski definition) is 2. The summed E-state index contributed by atoms with van der Waals surface area (Å²) in [6.45, 7) is 0. The molecule has 2 N–H and O–H groups in total. The molecular formula is C13H9N3O2S. The molecule has 3 aromatic rings. The lowest BCUT2D eigenvalue weighted by molar-refractivity contribution is 0.0692. The van der Waals surface area contributed by atoms with Crippen LogP contribution >= 0.6 is 11.3 Å². The van der Waals surface area contributed by atoms with Crippen LogP contribution < -0.4 is 5.32 Å². The van der Waals surface area contributed by atoms with E-state index in [-0.39, 0.29) is 5.69 Å². The largest absolute Gasteiger partial charge is 0.476 e. The fraction of sp³-hybridized carbons (Fsp3) is 0. The number of aromatic carboxylic acids is 1. The number of nitrogens with zero attached hydrogens (tertiary/aromatic N) is 2. The molecule has 6 heteroatoms. The van der Waals surface area contributed by atoms with Crippen molar-refractivity contribution in [1.82, 2.24) is 9.97 Å². The van der Waals surface area contributed by atoms with Crippen LogP contribution in [0.1, 0.15) is 10.5 Å². The lowest BCUT2D eigenvalue weighted by Gasteiger charge is -2.07. The summed E-state index contributed by atoms with van der Waals surface area (Å²) in [5.41, 5.74) is 3.21. The minimum Gasteiger partial charge on any atom is -0.476 e. The highest BCUT2D eigenvalue weighted by Crippen LogP contribution is 2.29. The second-order valence-corrected chi connectivity index (χ2v) is 4.69. The fourth-order valence-corrected chi connectivity index (χ4v) is 2.51. The third kappa shape index (κ3) is 2.13. The number of thiazole rings is 1. The monoisotopic (exact) mass is 271 g/mol. The number of benzene rings is 1. The number of carbonyl (C=O) groups is 1. The highest BCUT2D eigenvalue weighted by atomic mass is 32.1. The Morgan fingerprint density at radius 2 is 2.11 bits per heavy atom. The lowest BCUT2D eigenvalue weighted by atomic mass is 10.2. The molecule has 94 valence electrons. The second-order valence-electron chi connectivity index (χ2n) is 3.84. The highest BCUT2D eigenvalue weighted by Gasteiger charge is 2.14. The molecule has 0 bridgehead atoms. The number of pyridine rings is 1. The number of fused-ring (bicyclic) bond motifs is 1. The van der Waals surface area contributed by atoms with Gasteiger partial charge in [0.1, 0.15) is 5.00 Å². The number of aromatic nitrogens is 2. The molecule has 0 saturated carbocycles. The average molecular weight is 271 g/mol. The van der Waals surface area contributed by atoms with Crippen molar-refractivity contribution in [2.45, 2.75) is 0 Å². The smallest absolute Gasteiger partial charge is 0.357 e. The van der Waals surface area contributed by atoms with Crippen LogP contribution in [0, 0.1) is 0 Å². The summed E-state index contributed by atoms with van der Waals surface area (Å²) in [6, 6.07) is 9.45. The predicted molar refractivity (Wildman–Crippen MR) is 74.1 cm³/mol. The Balaban J connectivity index is 2.06. The van der Waals surface area contributed by atoms with Gasteiger partial charge in [-0.1, -0.05) is 6.07 Å². The number of rotatable bonds is 3. The molecular weight excluding hydrogens is 262 g/mol. The van der Waals surface area contributed by atoms with Gasteiger partial charge in [-0.2, -0.15) is 0 Å². The molecule has 0 saturated heterocycles. The molecule has 19 heavy (non-hydrogen) atoms. The van der Waals surface area contributed by atoms with E-state index < -0.39 is 5.97 Å². The van der Waals surface area contributed by atoms with E-state index in [1.165, 1.54) is 16.8 Å². The van der Waals surface area contributed by atoms with E-state index in [1.807, 2.05) is 30.3 Å². The molecule has 0 radical (unpaired) electrons. The van der Waals surface area contributed by atoms with Gasteiger partial charge < -0.3 is 10.4 Å². The number of nitrogens with one attached hydrogen (secondary N) is 1. The van der Waals surface area contributed by atoms with Crippen molar-refractivity contribution in [1.29, 1.82) is 0 Å². The van der Waals surface area contributed by atoms with Crippen LogP contribution in [0.25, 0.3) is 10.9 Å². The van der Waals surface area contributed by atoms with Crippen LogP contribution in [0.15, 0.2) is 42.0 Å². The van der Waals surface area contributed by atoms with Gasteiger partial charge in [-0.3, -0.25) is 4.98 Å². The highest BCUT2D eigenvalue weighted by molar-refractivity contribution is 7.14. The van der Waals surface area contributed by atoms with E-state index in [4.69, 9.17) is 5.11 Å². The van der Waals surface area contributed by atoms with E-state index in [0.29, 0.717) is 5.00 Å². The molecule has 0 aliphatic carbocycles. The quantitative estimate of drug-likeness (QED) is 0.765. The SMILES string of the molecule is O=C(O)c1ncsc1Nc1cccc2ncccc12. The predicted octanol–water partition coefficient (Wildman–Crippen LogP) is 3.13. The first-order valence-electron chi connectivity index (χ1n) is 5.53. The van der Waals surface area contributed by atoms with Crippen LogP contribution in [0.2, 0.25) is 0 Å². The number of hydrogen-bond acceptors (Lipinski definition) is 5. The standard InChI is InChI=1S/C13H9N3O2S/c17-13(18)11-12(19-7-15-11)16-10-5-1-4-9-8(10)3-2-6-14-9/h1-7,16H,(H,17,18). The first-order chi connectivity index (χ1) is 9.25. The van der Waals surface area contributed by atoms with Crippen LogP contribution in [0.3, 0.4) is 0 Å². The maximum Gasteiger partial charge on any atom is 0.357 e. The van der Waals surface area contributed by atoms with Crippen LogP contribution in [-0.4, -0.2) is 21.0 Å². The van der Waals surface area contributed by atoms with E-state index in [0.717, 1.165) is 16.6 Å². The first-order valence-corrected chi connectivity index (χ1v) is 6.41. The molecule has 5 nitrogen and oxygen atoms in total. The van der Waals surface area contributed by atoms with Crippen molar-refractivity contribution in [2.75, 3.05) is 5.32 Å². The molecule has 2 aromatic heterocycles. The Bertz CT molecular complexity index is 749. The zero-order valence-electron chi connectivity index (χ0n) is 9.70. The van der Waals surface area contributed by atoms with Crippen molar-refractivity contribution in [3.05, 3.63) is 47.7 Å². The normalized spacial score (nSPS) is 10.5. The minimum atomic E-state index is -1.04. The van der Waals surface area contributed by atoms with Gasteiger partial charge >= 0.3 is 5.97 Å². The molecule has 0 unspecified atom stereocenters. The van der Waals surface area contributed by atoms with E-state index >= 15 is 0 Å². The minimum absolute atomic E-state index is 0.0332. The summed E-state index contributed by atoms with van der Waals surface area (Å²) < 4.78 is 0. The number of carboxylic acids is 1. The van der Waals surface area contributed by atoms with Crippen molar-refractivity contribution >= 4 is 38.9 Å². The van der Waals surface area contributed by atoms with E-state index in [1.54, 1.807) is 6.20 Å². The van der Waals surface area contributed by atoms with Gasteiger partial charge in [0.15, 0.2) is 5.69 Å². The van der Waals surface area contributed by atoms with Crippen molar-refractivity contribution in [3.63, 3.8) is 0 Å². The maximum absolute atomic E-state index is 11.0. The van der Waals surface area contributed by atoms with Gasteiger partial charge in [0, 0.05) is 17.3 Å². The van der Waals surface area contributed by atoms with Crippen LogP contribution in [0.4, 0.5) is 10.7 Å². The Morgan fingerprint density at radius 3 is 2.95 bits per heavy atom. The molecule has 0 atom stereocenters. The Hall–Kier alpha value is -2.47. The number of anilines is 2. The molecule has 0 aliphatic heterocycles. The fourth-order valence-electron chi connectivity index (χ4n) is 1.82. The summed E-state index contributed by atoms with van der Waals surface area (Å²) >= 11 is 1.26. The van der Waals surface area contributed by atoms with Gasteiger partial charge in [-0.25, -0.2) is 9.78 Å². The zero-order valence-corrected chi connectivity index (χ0v) is 10.5. The van der Waals surface area contributed by atoms with Gasteiger partial charge in [0.05, 0.1) is 11.0 Å². The molecule has 0 aliphatic rings. The molecule has 1 aromatic carbocycles. The van der Waals surface area contributed by atoms with Crippen molar-refractivity contribution in [3.8, 4) is 0 Å². The topological polar surface area (TPSA) is 75.1 Å². The Labute approximate surface area is 112 Å². The van der Waals surface area contributed by atoms with E-state index in [9.17, 15) is 4.79 Å². The average Bonchev–Trinajstić information content (AvgIpc) is 2.87. The van der Waals surface area contributed by atoms with Crippen LogP contribution in [0.5, 0.6) is 0 Å². The maximum atomic E-state index is 11.0. The summed E-state index contributed by atoms with van der Waals surface area (Å²) in [7, 11) is 0. The van der Waals surface area contributed by atoms with Gasteiger partial charge in [0.2, 0.25) is 0 Å². The molecule has 0 fully saturated rings. The molecule has 2 heterocycles. The third-order valence-electron chi connectivity index (χ3n) is 2.66. The summed E-state index contributed by atoms with van der Waals surface area (Å²) in [6.07, 6.45) is 1.72. The van der Waals surface area contributed by atoms with Crippen molar-refractivity contribution < 1.29 is 9.90 Å². The lowest BCUT2D eigenvalue weighted by Crippen LogP contribution is -2.01.